The van der Waals surface area contributed by atoms with Gasteiger partial charge in [0.05, 0.1) is 6.61 Å². The molecule has 0 saturated carbocycles. The van der Waals surface area contributed by atoms with Crippen LogP contribution in [-0.4, -0.2) is 13.2 Å². The summed E-state index contributed by atoms with van der Waals surface area (Å²) in [6.07, 6.45) is 4.69. The Morgan fingerprint density at radius 3 is 2.38 bits per heavy atom. The van der Waals surface area contributed by atoms with Crippen molar-refractivity contribution in [2.75, 3.05) is 18.5 Å². The molecule has 0 aromatic heterocycles. The van der Waals surface area contributed by atoms with E-state index in [-0.39, 0.29) is 0 Å². The molecule has 0 unspecified atom stereocenters. The quantitative estimate of drug-likeness (QED) is 0.660. The second-order valence-electron chi connectivity index (χ2n) is 5.24. The highest BCUT2D eigenvalue weighted by Crippen LogP contribution is 2.12. The minimum Gasteiger partial charge on any atom is -0.494 e. The summed E-state index contributed by atoms with van der Waals surface area (Å²) in [4.78, 5) is 0. The molecular formula is C19H25NO. The first kappa shape index (κ1) is 15.4. The molecule has 0 saturated heterocycles. The van der Waals surface area contributed by atoms with Gasteiger partial charge in [-0.2, -0.15) is 0 Å². The van der Waals surface area contributed by atoms with Gasteiger partial charge in [-0.1, -0.05) is 43.7 Å². The number of rotatable bonds is 9. The molecule has 0 spiro atoms. The molecule has 1 N–H and O–H groups in total. The maximum atomic E-state index is 5.67. The van der Waals surface area contributed by atoms with E-state index in [1.54, 1.807) is 0 Å². The van der Waals surface area contributed by atoms with Gasteiger partial charge in [0.2, 0.25) is 0 Å². The Morgan fingerprint density at radius 2 is 1.67 bits per heavy atom. The number of ether oxygens (including phenoxy) is 1. The fourth-order valence-electron chi connectivity index (χ4n) is 2.18. The van der Waals surface area contributed by atoms with E-state index in [2.05, 4.69) is 36.5 Å². The van der Waals surface area contributed by atoms with Crippen LogP contribution in [-0.2, 0) is 6.42 Å². The molecule has 0 aliphatic rings. The molecule has 0 heterocycles. The van der Waals surface area contributed by atoms with Crippen molar-refractivity contribution >= 4 is 5.69 Å². The largest absolute Gasteiger partial charge is 0.494 e. The molecule has 2 heteroatoms. The normalized spacial score (nSPS) is 10.3. The average molecular weight is 283 g/mol. The predicted octanol–water partition coefficient (Wildman–Crippen LogP) is 4.91. The first-order chi connectivity index (χ1) is 10.4. The summed E-state index contributed by atoms with van der Waals surface area (Å²) in [5.41, 5.74) is 2.62. The summed E-state index contributed by atoms with van der Waals surface area (Å²) in [5, 5.41) is 3.43. The van der Waals surface area contributed by atoms with Crippen molar-refractivity contribution in [1.29, 1.82) is 0 Å². The van der Waals surface area contributed by atoms with Crippen molar-refractivity contribution in [1.82, 2.24) is 0 Å². The summed E-state index contributed by atoms with van der Waals surface area (Å²) in [5.74, 6) is 0.942. The molecule has 21 heavy (non-hydrogen) atoms. The second kappa shape index (κ2) is 9.06. The molecule has 2 aromatic carbocycles. The Bertz CT molecular complexity index is 493. The molecule has 0 radical (unpaired) electrons. The predicted molar refractivity (Wildman–Crippen MR) is 90.1 cm³/mol. The van der Waals surface area contributed by atoms with E-state index in [9.17, 15) is 0 Å². The topological polar surface area (TPSA) is 21.3 Å². The van der Waals surface area contributed by atoms with Crippen LogP contribution in [0.15, 0.2) is 54.6 Å². The molecule has 0 amide bonds. The molecule has 0 aliphatic heterocycles. The van der Waals surface area contributed by atoms with E-state index < -0.39 is 0 Å². The van der Waals surface area contributed by atoms with Gasteiger partial charge in [0.15, 0.2) is 0 Å². The molecule has 0 atom stereocenters. The number of nitrogens with one attached hydrogen (secondary N) is 1. The van der Waals surface area contributed by atoms with E-state index >= 15 is 0 Å². The fourth-order valence-corrected chi connectivity index (χ4v) is 2.18. The molecule has 0 fully saturated rings. The highest BCUT2D eigenvalue weighted by atomic mass is 16.5. The van der Waals surface area contributed by atoms with Crippen molar-refractivity contribution in [2.24, 2.45) is 0 Å². The number of hydrogen-bond acceptors (Lipinski definition) is 2. The van der Waals surface area contributed by atoms with Crippen LogP contribution in [0.5, 0.6) is 5.75 Å². The van der Waals surface area contributed by atoms with Gasteiger partial charge in [0.25, 0.3) is 0 Å². The Balaban J connectivity index is 1.62. The first-order valence-electron chi connectivity index (χ1n) is 7.89. The van der Waals surface area contributed by atoms with E-state index in [4.69, 9.17) is 4.74 Å². The van der Waals surface area contributed by atoms with Crippen molar-refractivity contribution in [3.8, 4) is 5.75 Å². The smallest absolute Gasteiger partial charge is 0.119 e. The Morgan fingerprint density at radius 1 is 0.905 bits per heavy atom. The SMILES string of the molecule is CCCCc1ccc(NCCCOc2ccccc2)cc1. The maximum absolute atomic E-state index is 5.67. The lowest BCUT2D eigenvalue weighted by Crippen LogP contribution is -2.07. The number of para-hydroxylation sites is 1. The molecule has 2 nitrogen and oxygen atoms in total. The lowest BCUT2D eigenvalue weighted by atomic mass is 10.1. The van der Waals surface area contributed by atoms with Gasteiger partial charge in [0.1, 0.15) is 5.75 Å². The van der Waals surface area contributed by atoms with Gasteiger partial charge in [-0.15, -0.1) is 0 Å². The minimum absolute atomic E-state index is 0.742. The highest BCUT2D eigenvalue weighted by Gasteiger charge is 1.95. The Labute approximate surface area is 128 Å². The summed E-state index contributed by atoms with van der Waals surface area (Å²) < 4.78 is 5.67. The zero-order valence-corrected chi connectivity index (χ0v) is 12.8. The van der Waals surface area contributed by atoms with Crippen molar-refractivity contribution in [3.05, 3.63) is 60.2 Å². The van der Waals surface area contributed by atoms with Gasteiger partial charge in [-0.25, -0.2) is 0 Å². The van der Waals surface area contributed by atoms with E-state index in [1.807, 2.05) is 30.3 Å². The molecule has 0 bridgehead atoms. The van der Waals surface area contributed by atoms with Gasteiger partial charge < -0.3 is 10.1 Å². The van der Waals surface area contributed by atoms with Gasteiger partial charge in [-0.05, 0) is 49.1 Å². The average Bonchev–Trinajstić information content (AvgIpc) is 2.55. The Hall–Kier alpha value is -1.96. The van der Waals surface area contributed by atoms with Crippen LogP contribution in [0, 0.1) is 0 Å². The van der Waals surface area contributed by atoms with Crippen LogP contribution in [0.3, 0.4) is 0 Å². The number of aryl methyl sites for hydroxylation is 1. The number of benzene rings is 2. The number of hydrogen-bond donors (Lipinski definition) is 1. The summed E-state index contributed by atoms with van der Waals surface area (Å²) in [6, 6.07) is 18.7. The third-order valence-electron chi connectivity index (χ3n) is 3.44. The van der Waals surface area contributed by atoms with E-state index in [0.717, 1.165) is 25.3 Å². The first-order valence-corrected chi connectivity index (χ1v) is 7.89. The van der Waals surface area contributed by atoms with Crippen LogP contribution in [0.25, 0.3) is 0 Å². The highest BCUT2D eigenvalue weighted by molar-refractivity contribution is 5.44. The Kier molecular flexibility index (Phi) is 6.66. The van der Waals surface area contributed by atoms with Crippen LogP contribution in [0.1, 0.15) is 31.7 Å². The standard InChI is InChI=1S/C19H25NO/c1-2-3-8-17-11-13-18(14-12-17)20-15-7-16-21-19-9-5-4-6-10-19/h4-6,9-14,20H,2-3,7-8,15-16H2,1H3. The van der Waals surface area contributed by atoms with Crippen molar-refractivity contribution in [3.63, 3.8) is 0 Å². The van der Waals surface area contributed by atoms with E-state index in [1.165, 1.54) is 30.5 Å². The van der Waals surface area contributed by atoms with Crippen molar-refractivity contribution < 1.29 is 4.74 Å². The molecular weight excluding hydrogens is 258 g/mol. The molecule has 112 valence electrons. The molecule has 2 aromatic rings. The van der Waals surface area contributed by atoms with Crippen LogP contribution in [0.2, 0.25) is 0 Å². The third kappa shape index (κ3) is 5.90. The maximum Gasteiger partial charge on any atom is 0.119 e. The lowest BCUT2D eigenvalue weighted by Gasteiger charge is -2.09. The second-order valence-corrected chi connectivity index (χ2v) is 5.24. The lowest BCUT2D eigenvalue weighted by molar-refractivity contribution is 0.315. The number of unbranched alkanes of at least 4 members (excludes halogenated alkanes) is 1. The summed E-state index contributed by atoms with van der Waals surface area (Å²) in [7, 11) is 0. The molecule has 2 rings (SSSR count). The van der Waals surface area contributed by atoms with Crippen LogP contribution < -0.4 is 10.1 Å². The zero-order chi connectivity index (χ0) is 14.8. The van der Waals surface area contributed by atoms with Crippen molar-refractivity contribution in [2.45, 2.75) is 32.6 Å². The fraction of sp³-hybridized carbons (Fsp3) is 0.368. The van der Waals surface area contributed by atoms with Gasteiger partial charge in [0, 0.05) is 12.2 Å². The van der Waals surface area contributed by atoms with Crippen LogP contribution in [0.4, 0.5) is 5.69 Å². The molecule has 0 aliphatic carbocycles. The number of anilines is 1. The van der Waals surface area contributed by atoms with Gasteiger partial charge >= 0.3 is 0 Å². The van der Waals surface area contributed by atoms with Gasteiger partial charge in [-0.3, -0.25) is 0 Å². The van der Waals surface area contributed by atoms with Crippen LogP contribution >= 0.6 is 0 Å². The third-order valence-corrected chi connectivity index (χ3v) is 3.44. The summed E-state index contributed by atoms with van der Waals surface area (Å²) >= 11 is 0. The summed E-state index contributed by atoms with van der Waals surface area (Å²) in [6.45, 7) is 3.90. The monoisotopic (exact) mass is 283 g/mol. The zero-order valence-electron chi connectivity index (χ0n) is 12.8. The minimum atomic E-state index is 0.742. The van der Waals surface area contributed by atoms with E-state index in [0.29, 0.717) is 0 Å².